The van der Waals surface area contributed by atoms with Crippen LogP contribution in [-0.4, -0.2) is 33.1 Å². The van der Waals surface area contributed by atoms with Gasteiger partial charge in [0.2, 0.25) is 0 Å². The van der Waals surface area contributed by atoms with E-state index < -0.39 is 16.5 Å². The molecule has 0 fully saturated rings. The molecule has 0 bridgehead atoms. The Morgan fingerprint density at radius 2 is 0.633 bits per heavy atom. The molecule has 0 amide bonds. The Labute approximate surface area is 205 Å². The van der Waals surface area contributed by atoms with E-state index in [1.807, 2.05) is 20.8 Å². The summed E-state index contributed by atoms with van der Waals surface area (Å²) in [7, 11) is -2.46. The molecule has 0 rings (SSSR count). The van der Waals surface area contributed by atoms with Crippen molar-refractivity contribution in [2.45, 2.75) is 157 Å². The van der Waals surface area contributed by atoms with Crippen LogP contribution in [0.25, 0.3) is 15.7 Å². The SMILES string of the molecule is CC(C)(C)[NH-].CC[Si](CC)(CC)[N-]C(C)(C)C.CC[Si](CC)(CC)[N-]C(C)(C)C.[Co+3]. The van der Waals surface area contributed by atoms with Crippen LogP contribution in [0, 0.1) is 0 Å². The molecule has 30 heavy (non-hydrogen) atoms. The van der Waals surface area contributed by atoms with Crippen molar-refractivity contribution in [3.63, 3.8) is 0 Å². The van der Waals surface area contributed by atoms with Crippen molar-refractivity contribution >= 4 is 16.5 Å². The van der Waals surface area contributed by atoms with Gasteiger partial charge in [0.1, 0.15) is 0 Å². The van der Waals surface area contributed by atoms with E-state index >= 15 is 0 Å². The van der Waals surface area contributed by atoms with Crippen molar-refractivity contribution in [3.8, 4) is 0 Å². The van der Waals surface area contributed by atoms with Gasteiger partial charge in [-0.2, -0.15) is 0 Å². The summed E-state index contributed by atoms with van der Waals surface area (Å²) in [5, 5.41) is 0. The van der Waals surface area contributed by atoms with Gasteiger partial charge in [-0.15, -0.1) is 16.6 Å². The summed E-state index contributed by atoms with van der Waals surface area (Å²) >= 11 is 0. The molecule has 0 radical (unpaired) electrons. The molecule has 186 valence electrons. The Bertz CT molecular complexity index is 334. The fraction of sp³-hybridized carbons (Fsp3) is 1.00. The van der Waals surface area contributed by atoms with Crippen LogP contribution >= 0.6 is 0 Å². The predicted molar refractivity (Wildman–Crippen MR) is 145 cm³/mol. The van der Waals surface area contributed by atoms with Crippen LogP contribution in [-0.2, 0) is 16.8 Å². The van der Waals surface area contributed by atoms with Gasteiger partial charge in [-0.1, -0.05) is 157 Å². The third-order valence-electron chi connectivity index (χ3n) is 5.09. The van der Waals surface area contributed by atoms with Crippen LogP contribution in [0.15, 0.2) is 0 Å². The van der Waals surface area contributed by atoms with Crippen molar-refractivity contribution in [3.05, 3.63) is 15.7 Å². The van der Waals surface area contributed by atoms with E-state index in [1.54, 1.807) is 0 Å². The first-order valence-corrected chi connectivity index (χ1v) is 17.1. The molecule has 0 atom stereocenters. The van der Waals surface area contributed by atoms with Crippen LogP contribution in [0.1, 0.15) is 104 Å². The van der Waals surface area contributed by atoms with Crippen molar-refractivity contribution in [2.24, 2.45) is 0 Å². The van der Waals surface area contributed by atoms with Gasteiger partial charge < -0.3 is 15.7 Å². The average Bonchev–Trinajstić information content (AvgIpc) is 2.55. The molecule has 1 N–H and O–H groups in total. The van der Waals surface area contributed by atoms with Crippen LogP contribution in [0.2, 0.25) is 36.3 Å². The Morgan fingerprint density at radius 1 is 0.500 bits per heavy atom. The van der Waals surface area contributed by atoms with Gasteiger partial charge in [-0.05, 0) is 0 Å². The molecule has 0 aromatic rings. The Morgan fingerprint density at radius 3 is 0.667 bits per heavy atom. The van der Waals surface area contributed by atoms with Gasteiger partial charge in [0.05, 0.1) is 0 Å². The molecule has 0 aromatic heterocycles. The quantitative estimate of drug-likeness (QED) is 0.296. The van der Waals surface area contributed by atoms with E-state index in [0.29, 0.717) is 0 Å². The van der Waals surface area contributed by atoms with Crippen LogP contribution in [0.5, 0.6) is 0 Å². The summed E-state index contributed by atoms with van der Waals surface area (Å²) in [4.78, 5) is 10.1. The minimum Gasteiger partial charge on any atom is -0.673 e. The molecule has 0 aliphatic carbocycles. The van der Waals surface area contributed by atoms with Crippen molar-refractivity contribution in [1.82, 2.24) is 0 Å². The fourth-order valence-electron chi connectivity index (χ4n) is 3.40. The van der Waals surface area contributed by atoms with Crippen molar-refractivity contribution in [1.29, 1.82) is 0 Å². The number of nitrogens with one attached hydrogen (secondary N) is 1. The van der Waals surface area contributed by atoms with Crippen LogP contribution in [0.3, 0.4) is 0 Å². The summed E-state index contributed by atoms with van der Waals surface area (Å²) in [6.07, 6.45) is 0. The third-order valence-corrected chi connectivity index (χ3v) is 15.3. The second-order valence-corrected chi connectivity index (χ2v) is 21.0. The fourth-order valence-corrected chi connectivity index (χ4v) is 10.2. The van der Waals surface area contributed by atoms with Gasteiger partial charge in [0.25, 0.3) is 0 Å². The van der Waals surface area contributed by atoms with Gasteiger partial charge in [0, 0.05) is 0 Å². The third kappa shape index (κ3) is 23.5. The molecular formula is C24H58CoN3Si2. The average molecular weight is 504 g/mol. The van der Waals surface area contributed by atoms with E-state index in [-0.39, 0.29) is 33.4 Å². The Hall–Kier alpha value is 0.820. The van der Waals surface area contributed by atoms with Crippen LogP contribution in [0.4, 0.5) is 0 Å². The Kier molecular flexibility index (Phi) is 20.9. The predicted octanol–water partition coefficient (Wildman–Crippen LogP) is 10.2. The summed E-state index contributed by atoms with van der Waals surface area (Å²) in [6, 6.07) is 7.82. The Balaban J connectivity index is -0.000000180. The normalized spacial score (nSPS) is 12.8. The standard InChI is InChI=1S/2C10H24NSi.C4H10N.Co/c2*1-7-12(8-2,9-3)11-10(4,5)6;1-4(2,3)5;/h2*7-9H2,1-6H3;5H,1-3H3;/q3*-1;+3. The molecule has 0 spiro atoms. The molecular weight excluding hydrogens is 445 g/mol. The zero-order valence-electron chi connectivity index (χ0n) is 23.5. The van der Waals surface area contributed by atoms with Gasteiger partial charge in [0.15, 0.2) is 0 Å². The zero-order chi connectivity index (χ0) is 24.2. The zero-order valence-corrected chi connectivity index (χ0v) is 26.5. The molecule has 3 nitrogen and oxygen atoms in total. The first kappa shape index (κ1) is 38.1. The summed E-state index contributed by atoms with van der Waals surface area (Å²) in [5.41, 5.74) is 7.04. The summed E-state index contributed by atoms with van der Waals surface area (Å²) in [6.45, 7) is 32.7. The second-order valence-electron chi connectivity index (χ2n) is 11.4. The van der Waals surface area contributed by atoms with E-state index in [2.05, 4.69) is 83.1 Å². The maximum Gasteiger partial charge on any atom is 3.00 e. The molecule has 0 saturated heterocycles. The van der Waals surface area contributed by atoms with Gasteiger partial charge in [-0.3, -0.25) is 0 Å². The van der Waals surface area contributed by atoms with Gasteiger partial charge >= 0.3 is 16.8 Å². The van der Waals surface area contributed by atoms with E-state index in [1.165, 1.54) is 36.3 Å². The van der Waals surface area contributed by atoms with Gasteiger partial charge in [-0.25, -0.2) is 0 Å². The molecule has 0 heterocycles. The summed E-state index contributed by atoms with van der Waals surface area (Å²) in [5.74, 6) is 0. The smallest absolute Gasteiger partial charge is 0.673 e. The molecule has 0 aliphatic rings. The molecule has 0 unspecified atom stereocenters. The first-order chi connectivity index (χ1) is 12.8. The minimum absolute atomic E-state index is 0. The molecule has 0 aromatic carbocycles. The van der Waals surface area contributed by atoms with Crippen LogP contribution < -0.4 is 0 Å². The monoisotopic (exact) mass is 503 g/mol. The molecule has 0 aliphatic heterocycles. The summed E-state index contributed by atoms with van der Waals surface area (Å²) < 4.78 is 0. The number of hydrogen-bond acceptors (Lipinski definition) is 0. The largest absolute Gasteiger partial charge is 3.00 e. The van der Waals surface area contributed by atoms with E-state index in [0.717, 1.165) is 0 Å². The van der Waals surface area contributed by atoms with E-state index in [9.17, 15) is 0 Å². The molecule has 0 saturated carbocycles. The van der Waals surface area contributed by atoms with Crippen molar-refractivity contribution in [2.75, 3.05) is 0 Å². The maximum atomic E-state index is 6.94. The number of rotatable bonds is 8. The maximum absolute atomic E-state index is 6.94. The molecule has 6 heteroatoms. The number of nitrogens with zero attached hydrogens (tertiary/aromatic N) is 2. The minimum atomic E-state index is -1.23. The first-order valence-electron chi connectivity index (χ1n) is 12.0. The topological polar surface area (TPSA) is 52.0 Å². The van der Waals surface area contributed by atoms with E-state index in [4.69, 9.17) is 15.7 Å². The second kappa shape index (κ2) is 16.4. The number of hydrogen-bond donors (Lipinski definition) is 0. The van der Waals surface area contributed by atoms with Crippen molar-refractivity contribution < 1.29 is 16.8 Å².